The number of nitrogens with one attached hydrogen (secondary N) is 2. The summed E-state index contributed by atoms with van der Waals surface area (Å²) in [6.07, 6.45) is 1.14. The highest BCUT2D eigenvalue weighted by atomic mass is 19.1. The molecule has 0 bridgehead atoms. The number of rotatable bonds is 3. The van der Waals surface area contributed by atoms with Crippen LogP contribution in [0.1, 0.15) is 11.1 Å². The van der Waals surface area contributed by atoms with Crippen molar-refractivity contribution in [1.29, 1.82) is 0 Å². The van der Waals surface area contributed by atoms with Gasteiger partial charge in [-0.1, -0.05) is 6.07 Å². The van der Waals surface area contributed by atoms with Crippen molar-refractivity contribution in [2.45, 2.75) is 13.8 Å². The van der Waals surface area contributed by atoms with E-state index in [4.69, 9.17) is 0 Å². The van der Waals surface area contributed by atoms with Crippen molar-refractivity contribution >= 4 is 17.5 Å². The van der Waals surface area contributed by atoms with Crippen molar-refractivity contribution in [1.82, 2.24) is 9.97 Å². The molecule has 2 rings (SSSR count). The molecule has 0 aliphatic carbocycles. The molecule has 0 fully saturated rings. The van der Waals surface area contributed by atoms with Crippen LogP contribution in [0, 0.1) is 19.7 Å². The van der Waals surface area contributed by atoms with Crippen molar-refractivity contribution in [3.8, 4) is 0 Å². The number of hydrogen-bond donors (Lipinski definition) is 2. The van der Waals surface area contributed by atoms with Gasteiger partial charge in [-0.05, 0) is 37.1 Å². The van der Waals surface area contributed by atoms with Crippen LogP contribution in [0.25, 0.3) is 0 Å². The molecule has 0 aliphatic rings. The van der Waals surface area contributed by atoms with E-state index in [-0.39, 0.29) is 5.82 Å². The molecule has 0 saturated heterocycles. The molecule has 0 radical (unpaired) electrons. The molecule has 2 aromatic rings. The molecular formula is C13H15FN4. The highest BCUT2D eigenvalue weighted by Gasteiger charge is 2.07. The van der Waals surface area contributed by atoms with Gasteiger partial charge in [0.05, 0.1) is 6.20 Å². The second-order valence-corrected chi connectivity index (χ2v) is 4.14. The van der Waals surface area contributed by atoms with E-state index in [1.165, 1.54) is 0 Å². The van der Waals surface area contributed by atoms with Crippen molar-refractivity contribution in [2.75, 3.05) is 17.7 Å². The maximum Gasteiger partial charge on any atom is 0.224 e. The molecule has 1 heterocycles. The van der Waals surface area contributed by atoms with Crippen LogP contribution in [0.5, 0.6) is 0 Å². The van der Waals surface area contributed by atoms with Gasteiger partial charge in [-0.2, -0.15) is 4.98 Å². The molecule has 18 heavy (non-hydrogen) atoms. The molecule has 1 aromatic heterocycles. The summed E-state index contributed by atoms with van der Waals surface area (Å²) in [5.74, 6) is 0.0655. The zero-order valence-corrected chi connectivity index (χ0v) is 10.6. The second-order valence-electron chi connectivity index (χ2n) is 4.14. The fourth-order valence-electron chi connectivity index (χ4n) is 1.76. The fraction of sp³-hybridized carbons (Fsp3) is 0.231. The molecule has 1 aromatic carbocycles. The predicted molar refractivity (Wildman–Crippen MR) is 70.7 cm³/mol. The SMILES string of the molecule is CNc1ncc(F)c(Nc2cc(C)cc(C)c2)n1. The van der Waals surface area contributed by atoms with E-state index in [0.717, 1.165) is 23.0 Å². The van der Waals surface area contributed by atoms with Crippen LogP contribution >= 0.6 is 0 Å². The van der Waals surface area contributed by atoms with Crippen molar-refractivity contribution in [2.24, 2.45) is 0 Å². The lowest BCUT2D eigenvalue weighted by atomic mass is 10.1. The standard InChI is InChI=1S/C13H15FN4/c1-8-4-9(2)6-10(5-8)17-12-11(14)7-16-13(15-3)18-12/h4-7H,1-3H3,(H2,15,16,17,18). The minimum atomic E-state index is -0.479. The lowest BCUT2D eigenvalue weighted by Gasteiger charge is -2.09. The third-order valence-electron chi connectivity index (χ3n) is 2.45. The van der Waals surface area contributed by atoms with Crippen molar-refractivity contribution in [3.05, 3.63) is 41.3 Å². The average Bonchev–Trinajstić information content (AvgIpc) is 2.30. The Morgan fingerprint density at radius 3 is 2.39 bits per heavy atom. The maximum absolute atomic E-state index is 13.6. The highest BCUT2D eigenvalue weighted by Crippen LogP contribution is 2.20. The number of anilines is 3. The minimum absolute atomic E-state index is 0.166. The predicted octanol–water partition coefficient (Wildman–Crippen LogP) is 3.02. The van der Waals surface area contributed by atoms with Crippen LogP contribution in [0.4, 0.5) is 21.8 Å². The number of nitrogens with zero attached hydrogens (tertiary/aromatic N) is 2. The van der Waals surface area contributed by atoms with E-state index in [0.29, 0.717) is 5.95 Å². The van der Waals surface area contributed by atoms with Gasteiger partial charge in [-0.3, -0.25) is 0 Å². The van der Waals surface area contributed by atoms with E-state index in [9.17, 15) is 4.39 Å². The minimum Gasteiger partial charge on any atom is -0.357 e. The topological polar surface area (TPSA) is 49.8 Å². The second kappa shape index (κ2) is 5.00. The third kappa shape index (κ3) is 2.74. The van der Waals surface area contributed by atoms with Crippen LogP contribution in [0.3, 0.4) is 0 Å². The Morgan fingerprint density at radius 1 is 1.11 bits per heavy atom. The summed E-state index contributed by atoms with van der Waals surface area (Å²) in [5.41, 5.74) is 3.04. The highest BCUT2D eigenvalue weighted by molar-refractivity contribution is 5.59. The first-order valence-corrected chi connectivity index (χ1v) is 5.64. The summed E-state index contributed by atoms with van der Waals surface area (Å²) in [5, 5.41) is 5.74. The smallest absolute Gasteiger partial charge is 0.224 e. The quantitative estimate of drug-likeness (QED) is 0.874. The maximum atomic E-state index is 13.6. The summed E-state index contributed by atoms with van der Waals surface area (Å²) in [6, 6.07) is 5.93. The summed E-state index contributed by atoms with van der Waals surface area (Å²) >= 11 is 0. The average molecular weight is 246 g/mol. The number of aromatic nitrogens is 2. The van der Waals surface area contributed by atoms with E-state index < -0.39 is 5.82 Å². The van der Waals surface area contributed by atoms with Gasteiger partial charge in [0.25, 0.3) is 0 Å². The van der Waals surface area contributed by atoms with Crippen LogP contribution in [-0.4, -0.2) is 17.0 Å². The normalized spacial score (nSPS) is 10.2. The van der Waals surface area contributed by atoms with Gasteiger partial charge in [0, 0.05) is 12.7 Å². The van der Waals surface area contributed by atoms with Crippen molar-refractivity contribution < 1.29 is 4.39 Å². The molecule has 0 saturated carbocycles. The Balaban J connectivity index is 2.33. The first kappa shape index (κ1) is 12.3. The fourth-order valence-corrected chi connectivity index (χ4v) is 1.76. The monoisotopic (exact) mass is 246 g/mol. The molecule has 2 N–H and O–H groups in total. The van der Waals surface area contributed by atoms with Crippen LogP contribution in [-0.2, 0) is 0 Å². The van der Waals surface area contributed by atoms with Crippen molar-refractivity contribution in [3.63, 3.8) is 0 Å². The first-order valence-electron chi connectivity index (χ1n) is 5.64. The number of hydrogen-bond acceptors (Lipinski definition) is 4. The summed E-state index contributed by atoms with van der Waals surface area (Å²) in [4.78, 5) is 7.83. The lowest BCUT2D eigenvalue weighted by molar-refractivity contribution is 0.619. The van der Waals surface area contributed by atoms with Gasteiger partial charge >= 0.3 is 0 Å². The Labute approximate surface area is 105 Å². The zero-order chi connectivity index (χ0) is 13.1. The molecule has 94 valence electrons. The molecule has 0 spiro atoms. The van der Waals surface area contributed by atoms with Gasteiger partial charge in [-0.25, -0.2) is 9.37 Å². The van der Waals surface area contributed by atoms with E-state index in [1.54, 1.807) is 7.05 Å². The summed E-state index contributed by atoms with van der Waals surface area (Å²) in [7, 11) is 1.69. The molecule has 0 amide bonds. The Hall–Kier alpha value is -2.17. The molecule has 0 aliphatic heterocycles. The Bertz CT molecular complexity index is 549. The molecule has 5 heteroatoms. The Kier molecular flexibility index (Phi) is 3.41. The molecule has 0 atom stereocenters. The third-order valence-corrected chi connectivity index (χ3v) is 2.45. The van der Waals surface area contributed by atoms with Gasteiger partial charge in [0.15, 0.2) is 11.6 Å². The van der Waals surface area contributed by atoms with E-state index in [2.05, 4.69) is 26.7 Å². The number of halogens is 1. The van der Waals surface area contributed by atoms with Crippen LogP contribution in [0.15, 0.2) is 24.4 Å². The largest absolute Gasteiger partial charge is 0.357 e. The molecular weight excluding hydrogens is 231 g/mol. The zero-order valence-electron chi connectivity index (χ0n) is 10.6. The van der Waals surface area contributed by atoms with Crippen LogP contribution in [0.2, 0.25) is 0 Å². The van der Waals surface area contributed by atoms with E-state index in [1.807, 2.05) is 26.0 Å². The van der Waals surface area contributed by atoms with Crippen LogP contribution < -0.4 is 10.6 Å². The molecule has 0 unspecified atom stereocenters. The van der Waals surface area contributed by atoms with Gasteiger partial charge in [-0.15, -0.1) is 0 Å². The summed E-state index contributed by atoms with van der Waals surface area (Å²) in [6.45, 7) is 3.99. The summed E-state index contributed by atoms with van der Waals surface area (Å²) < 4.78 is 13.6. The lowest BCUT2D eigenvalue weighted by Crippen LogP contribution is -2.03. The Morgan fingerprint density at radius 2 is 1.78 bits per heavy atom. The number of benzene rings is 1. The van der Waals surface area contributed by atoms with E-state index >= 15 is 0 Å². The van der Waals surface area contributed by atoms with Gasteiger partial charge < -0.3 is 10.6 Å². The van der Waals surface area contributed by atoms with Gasteiger partial charge in [0.1, 0.15) is 0 Å². The first-order chi connectivity index (χ1) is 8.58. The van der Waals surface area contributed by atoms with Gasteiger partial charge in [0.2, 0.25) is 5.95 Å². The molecule has 4 nitrogen and oxygen atoms in total. The number of aryl methyl sites for hydroxylation is 2.